The molecule has 0 aliphatic heterocycles. The molecule has 5 nitrogen and oxygen atoms in total. The molecule has 3 aliphatic carbocycles. The van der Waals surface area contributed by atoms with Crippen LogP contribution in [0.15, 0.2) is 42.7 Å². The molecule has 1 aromatic carbocycles. The van der Waals surface area contributed by atoms with E-state index in [1.54, 1.807) is 0 Å². The van der Waals surface area contributed by atoms with Crippen molar-refractivity contribution in [1.29, 1.82) is 0 Å². The molecule has 1 aromatic heterocycles. The molecule has 3 aliphatic rings. The third-order valence-electron chi connectivity index (χ3n) is 6.40. The maximum absolute atomic E-state index is 13.1. The molecule has 0 radical (unpaired) electrons. The molecule has 26 heavy (non-hydrogen) atoms. The van der Waals surface area contributed by atoms with Crippen LogP contribution in [-0.2, 0) is 17.9 Å². The van der Waals surface area contributed by atoms with Crippen molar-refractivity contribution in [3.63, 3.8) is 0 Å². The smallest absolute Gasteiger partial charge is 0.228 e. The maximum atomic E-state index is 13.1. The molecule has 2 aromatic rings. The van der Waals surface area contributed by atoms with Crippen LogP contribution in [0.5, 0.6) is 0 Å². The molecule has 0 saturated heterocycles. The SMILES string of the molecule is CN(Cc1cnn(Cc2ccccc2)c1)C(=O)C12CCC(N)(CC1)CC2. The minimum Gasteiger partial charge on any atom is -0.341 e. The largest absolute Gasteiger partial charge is 0.341 e. The zero-order valence-electron chi connectivity index (χ0n) is 15.5. The summed E-state index contributed by atoms with van der Waals surface area (Å²) in [4.78, 5) is 15.0. The first-order chi connectivity index (χ1) is 12.5. The Kier molecular flexibility index (Phi) is 4.35. The van der Waals surface area contributed by atoms with E-state index in [2.05, 4.69) is 17.2 Å². The van der Waals surface area contributed by atoms with Crippen molar-refractivity contribution in [2.24, 2.45) is 11.1 Å². The van der Waals surface area contributed by atoms with E-state index in [0.717, 1.165) is 50.6 Å². The Labute approximate surface area is 155 Å². The van der Waals surface area contributed by atoms with Gasteiger partial charge in [-0.05, 0) is 44.1 Å². The summed E-state index contributed by atoms with van der Waals surface area (Å²) < 4.78 is 1.94. The van der Waals surface area contributed by atoms with Gasteiger partial charge >= 0.3 is 0 Å². The molecule has 2 N–H and O–H groups in total. The number of carbonyl (C=O) groups excluding carboxylic acids is 1. The first-order valence-electron chi connectivity index (χ1n) is 9.58. The summed E-state index contributed by atoms with van der Waals surface area (Å²) in [7, 11) is 1.92. The summed E-state index contributed by atoms with van der Waals surface area (Å²) in [6.45, 7) is 1.37. The highest BCUT2D eigenvalue weighted by Crippen LogP contribution is 2.52. The lowest BCUT2D eigenvalue weighted by Gasteiger charge is -2.51. The Hall–Kier alpha value is -2.14. The van der Waals surface area contributed by atoms with Gasteiger partial charge in [0.25, 0.3) is 0 Å². The molecule has 0 unspecified atom stereocenters. The van der Waals surface area contributed by atoms with Crippen LogP contribution < -0.4 is 5.73 Å². The van der Waals surface area contributed by atoms with Crippen LogP contribution in [0.2, 0.25) is 0 Å². The third kappa shape index (κ3) is 3.28. The van der Waals surface area contributed by atoms with Gasteiger partial charge < -0.3 is 10.6 Å². The van der Waals surface area contributed by atoms with E-state index in [4.69, 9.17) is 5.73 Å². The number of hydrogen-bond donors (Lipinski definition) is 1. The van der Waals surface area contributed by atoms with Gasteiger partial charge in [-0.25, -0.2) is 0 Å². The monoisotopic (exact) mass is 352 g/mol. The van der Waals surface area contributed by atoms with Crippen LogP contribution in [0.3, 0.4) is 0 Å². The van der Waals surface area contributed by atoms with Crippen molar-refractivity contribution < 1.29 is 4.79 Å². The summed E-state index contributed by atoms with van der Waals surface area (Å²) in [5.74, 6) is 0.287. The fourth-order valence-electron chi connectivity index (χ4n) is 4.63. The fourth-order valence-corrected chi connectivity index (χ4v) is 4.63. The van der Waals surface area contributed by atoms with Crippen LogP contribution in [0, 0.1) is 5.41 Å². The van der Waals surface area contributed by atoms with Gasteiger partial charge in [-0.1, -0.05) is 30.3 Å². The predicted molar refractivity (Wildman–Crippen MR) is 101 cm³/mol. The molecule has 0 spiro atoms. The highest BCUT2D eigenvalue weighted by atomic mass is 16.2. The molecule has 5 rings (SSSR count). The van der Waals surface area contributed by atoms with E-state index < -0.39 is 0 Å². The minimum absolute atomic E-state index is 0.000814. The van der Waals surface area contributed by atoms with Gasteiger partial charge in [-0.15, -0.1) is 0 Å². The van der Waals surface area contributed by atoms with Crippen molar-refractivity contribution in [3.05, 3.63) is 53.9 Å². The Bertz CT molecular complexity index is 758. The number of hydrogen-bond acceptors (Lipinski definition) is 3. The van der Waals surface area contributed by atoms with Crippen molar-refractivity contribution in [2.75, 3.05) is 7.05 Å². The molecule has 3 fully saturated rings. The highest BCUT2D eigenvalue weighted by molar-refractivity contribution is 5.83. The average Bonchev–Trinajstić information content (AvgIpc) is 3.09. The summed E-state index contributed by atoms with van der Waals surface area (Å²) in [5, 5.41) is 4.45. The first kappa shape index (κ1) is 17.3. The van der Waals surface area contributed by atoms with E-state index in [9.17, 15) is 4.79 Å². The number of nitrogens with two attached hydrogens (primary N) is 1. The summed E-state index contributed by atoms with van der Waals surface area (Å²) in [5.41, 5.74) is 8.51. The Morgan fingerprint density at radius 3 is 2.42 bits per heavy atom. The Morgan fingerprint density at radius 2 is 1.77 bits per heavy atom. The Morgan fingerprint density at radius 1 is 1.12 bits per heavy atom. The molecule has 2 bridgehead atoms. The number of aromatic nitrogens is 2. The lowest BCUT2D eigenvalue weighted by Crippen LogP contribution is -2.56. The van der Waals surface area contributed by atoms with E-state index in [1.807, 2.05) is 47.2 Å². The average molecular weight is 352 g/mol. The van der Waals surface area contributed by atoms with Crippen molar-refractivity contribution in [1.82, 2.24) is 14.7 Å². The molecule has 1 heterocycles. The number of benzene rings is 1. The molecule has 138 valence electrons. The van der Waals surface area contributed by atoms with Crippen molar-refractivity contribution in [3.8, 4) is 0 Å². The lowest BCUT2D eigenvalue weighted by atomic mass is 9.57. The summed E-state index contributed by atoms with van der Waals surface area (Å²) in [6, 6.07) is 10.3. The Balaban J connectivity index is 1.39. The zero-order valence-corrected chi connectivity index (χ0v) is 15.5. The van der Waals surface area contributed by atoms with E-state index in [1.165, 1.54) is 5.56 Å². The number of nitrogens with zero attached hydrogens (tertiary/aromatic N) is 3. The number of rotatable bonds is 5. The van der Waals surface area contributed by atoms with Crippen LogP contribution >= 0.6 is 0 Å². The summed E-state index contributed by atoms with van der Waals surface area (Å²) in [6.07, 6.45) is 9.71. The maximum Gasteiger partial charge on any atom is 0.228 e. The quantitative estimate of drug-likeness (QED) is 0.900. The number of amides is 1. The third-order valence-corrected chi connectivity index (χ3v) is 6.40. The number of fused-ring (bicyclic) bond motifs is 3. The topological polar surface area (TPSA) is 64.2 Å². The molecule has 0 atom stereocenters. The second kappa shape index (κ2) is 6.54. The van der Waals surface area contributed by atoms with Gasteiger partial charge in [0.15, 0.2) is 0 Å². The van der Waals surface area contributed by atoms with E-state index >= 15 is 0 Å². The van der Waals surface area contributed by atoms with Gasteiger partial charge in [-0.3, -0.25) is 9.48 Å². The fraction of sp³-hybridized carbons (Fsp3) is 0.524. The van der Waals surface area contributed by atoms with Crippen LogP contribution in [-0.4, -0.2) is 33.2 Å². The second-order valence-electron chi connectivity index (χ2n) is 8.34. The predicted octanol–water partition coefficient (Wildman–Crippen LogP) is 2.94. The molecular weight excluding hydrogens is 324 g/mol. The number of carbonyl (C=O) groups is 1. The van der Waals surface area contributed by atoms with Crippen LogP contribution in [0.25, 0.3) is 0 Å². The molecular formula is C21H28N4O. The van der Waals surface area contributed by atoms with E-state index in [0.29, 0.717) is 6.54 Å². The van der Waals surface area contributed by atoms with Crippen LogP contribution in [0.1, 0.15) is 49.7 Å². The first-order valence-corrected chi connectivity index (χ1v) is 9.58. The normalized spacial score (nSPS) is 27.5. The summed E-state index contributed by atoms with van der Waals surface area (Å²) >= 11 is 0. The van der Waals surface area contributed by atoms with Gasteiger partial charge in [-0.2, -0.15) is 5.10 Å². The molecule has 3 saturated carbocycles. The van der Waals surface area contributed by atoms with Gasteiger partial charge in [0.05, 0.1) is 12.7 Å². The highest BCUT2D eigenvalue weighted by Gasteiger charge is 2.51. The van der Waals surface area contributed by atoms with Crippen molar-refractivity contribution >= 4 is 5.91 Å². The van der Waals surface area contributed by atoms with Gasteiger partial charge in [0.2, 0.25) is 5.91 Å². The minimum atomic E-state index is -0.171. The standard InChI is InChI=1S/C21H28N4O/c1-24(19(26)20-7-10-21(22,11-8-20)12-9-20)14-18-13-23-25(16-18)15-17-5-3-2-4-6-17/h2-6,13,16H,7-12,14-15,22H2,1H3. The molecule has 1 amide bonds. The lowest BCUT2D eigenvalue weighted by molar-refractivity contribution is -0.148. The van der Waals surface area contributed by atoms with Crippen LogP contribution in [0.4, 0.5) is 0 Å². The second-order valence-corrected chi connectivity index (χ2v) is 8.34. The van der Waals surface area contributed by atoms with Gasteiger partial charge in [0.1, 0.15) is 0 Å². The van der Waals surface area contributed by atoms with Crippen molar-refractivity contribution in [2.45, 2.75) is 57.2 Å². The zero-order chi connectivity index (χ0) is 18.2. The van der Waals surface area contributed by atoms with Gasteiger partial charge in [0, 0.05) is 36.3 Å². The molecule has 5 heteroatoms. The van der Waals surface area contributed by atoms with E-state index in [-0.39, 0.29) is 16.9 Å².